The average Bonchev–Trinajstić information content (AvgIpc) is 3.31. The monoisotopic (exact) mass is 396 g/mol. The van der Waals surface area contributed by atoms with Crippen molar-refractivity contribution in [1.82, 2.24) is 5.32 Å². The molecule has 2 aliphatic heterocycles. The van der Waals surface area contributed by atoms with Crippen molar-refractivity contribution in [2.75, 3.05) is 44.4 Å². The fourth-order valence-electron chi connectivity index (χ4n) is 3.60. The largest absolute Gasteiger partial charge is 0.491 e. The third-order valence-electron chi connectivity index (χ3n) is 5.34. The van der Waals surface area contributed by atoms with E-state index in [9.17, 15) is 4.79 Å². The van der Waals surface area contributed by atoms with E-state index >= 15 is 0 Å². The van der Waals surface area contributed by atoms with Crippen LogP contribution in [0.3, 0.4) is 0 Å². The van der Waals surface area contributed by atoms with Crippen LogP contribution < -0.4 is 15.0 Å². The van der Waals surface area contributed by atoms with E-state index in [1.165, 1.54) is 5.69 Å². The van der Waals surface area contributed by atoms with Crippen molar-refractivity contribution < 1.29 is 19.0 Å². The molecule has 6 nitrogen and oxygen atoms in total. The minimum atomic E-state index is -0.0899. The van der Waals surface area contributed by atoms with E-state index in [-0.39, 0.29) is 12.0 Å². The number of nitrogens with zero attached hydrogens (tertiary/aromatic N) is 1. The molecule has 0 saturated carbocycles. The van der Waals surface area contributed by atoms with Crippen LogP contribution in [0, 0.1) is 0 Å². The van der Waals surface area contributed by atoms with Crippen LogP contribution in [0.4, 0.5) is 5.69 Å². The van der Waals surface area contributed by atoms with Crippen LogP contribution in [0.15, 0.2) is 48.5 Å². The van der Waals surface area contributed by atoms with Crippen LogP contribution in [0.1, 0.15) is 28.8 Å². The maximum Gasteiger partial charge on any atom is 0.251 e. The van der Waals surface area contributed by atoms with Gasteiger partial charge in [-0.2, -0.15) is 0 Å². The van der Waals surface area contributed by atoms with Crippen molar-refractivity contribution in [1.29, 1.82) is 0 Å². The first-order valence-corrected chi connectivity index (χ1v) is 10.3. The summed E-state index contributed by atoms with van der Waals surface area (Å²) in [4.78, 5) is 14.7. The molecule has 29 heavy (non-hydrogen) atoms. The zero-order valence-corrected chi connectivity index (χ0v) is 16.6. The first kappa shape index (κ1) is 19.7. The molecule has 1 unspecified atom stereocenters. The topological polar surface area (TPSA) is 60.0 Å². The molecule has 6 heteroatoms. The van der Waals surface area contributed by atoms with Gasteiger partial charge in [0.15, 0.2) is 0 Å². The second-order valence-corrected chi connectivity index (χ2v) is 7.42. The lowest BCUT2D eigenvalue weighted by Crippen LogP contribution is -2.36. The fraction of sp³-hybridized carbons (Fsp3) is 0.435. The third kappa shape index (κ3) is 5.49. The number of ether oxygens (including phenoxy) is 3. The molecule has 2 saturated heterocycles. The summed E-state index contributed by atoms with van der Waals surface area (Å²) in [6, 6.07) is 15.6. The molecule has 4 rings (SSSR count). The van der Waals surface area contributed by atoms with Crippen LogP contribution in [-0.4, -0.2) is 51.5 Å². The Labute approximate surface area is 171 Å². The van der Waals surface area contributed by atoms with Crippen molar-refractivity contribution >= 4 is 11.6 Å². The highest BCUT2D eigenvalue weighted by atomic mass is 16.5. The van der Waals surface area contributed by atoms with E-state index in [0.717, 1.165) is 57.1 Å². The molecule has 0 aromatic heterocycles. The molecule has 154 valence electrons. The van der Waals surface area contributed by atoms with Gasteiger partial charge in [0.05, 0.1) is 19.3 Å². The number of hydrogen-bond acceptors (Lipinski definition) is 5. The Kier molecular flexibility index (Phi) is 6.64. The van der Waals surface area contributed by atoms with Gasteiger partial charge in [0, 0.05) is 37.5 Å². The van der Waals surface area contributed by atoms with Crippen LogP contribution in [0.2, 0.25) is 0 Å². The van der Waals surface area contributed by atoms with Gasteiger partial charge in [-0.05, 0) is 54.8 Å². The highest BCUT2D eigenvalue weighted by Crippen LogP contribution is 2.18. The van der Waals surface area contributed by atoms with Gasteiger partial charge in [-0.25, -0.2) is 0 Å². The number of carbonyl (C=O) groups excluding carboxylic acids is 1. The molecular weight excluding hydrogens is 368 g/mol. The molecule has 2 fully saturated rings. The summed E-state index contributed by atoms with van der Waals surface area (Å²) >= 11 is 0. The smallest absolute Gasteiger partial charge is 0.251 e. The van der Waals surface area contributed by atoms with Gasteiger partial charge < -0.3 is 24.4 Å². The highest BCUT2D eigenvalue weighted by molar-refractivity contribution is 5.94. The van der Waals surface area contributed by atoms with Crippen LogP contribution >= 0.6 is 0 Å². The number of carbonyl (C=O) groups is 1. The van der Waals surface area contributed by atoms with Gasteiger partial charge >= 0.3 is 0 Å². The first-order valence-electron chi connectivity index (χ1n) is 10.3. The van der Waals surface area contributed by atoms with Gasteiger partial charge in [-0.15, -0.1) is 0 Å². The Bertz CT molecular complexity index is 780. The summed E-state index contributed by atoms with van der Waals surface area (Å²) in [5.41, 5.74) is 2.90. The number of anilines is 1. The van der Waals surface area contributed by atoms with Gasteiger partial charge in [0.2, 0.25) is 0 Å². The molecule has 0 bridgehead atoms. The molecule has 1 amide bonds. The minimum Gasteiger partial charge on any atom is -0.491 e. The van der Waals surface area contributed by atoms with Crippen LogP contribution in [0.5, 0.6) is 5.75 Å². The highest BCUT2D eigenvalue weighted by Gasteiger charge is 2.16. The molecule has 1 N–H and O–H groups in total. The lowest BCUT2D eigenvalue weighted by Gasteiger charge is -2.28. The number of benzene rings is 2. The Morgan fingerprint density at radius 1 is 1.03 bits per heavy atom. The Balaban J connectivity index is 1.24. The number of morpholine rings is 1. The predicted molar refractivity (Wildman–Crippen MR) is 112 cm³/mol. The quantitative estimate of drug-likeness (QED) is 0.780. The summed E-state index contributed by atoms with van der Waals surface area (Å²) in [5.74, 6) is 0.670. The summed E-state index contributed by atoms with van der Waals surface area (Å²) in [6.45, 7) is 5.27. The van der Waals surface area contributed by atoms with E-state index in [1.54, 1.807) is 12.1 Å². The second kappa shape index (κ2) is 9.76. The molecule has 2 heterocycles. The van der Waals surface area contributed by atoms with Crippen molar-refractivity contribution in [3.05, 3.63) is 59.7 Å². The Morgan fingerprint density at radius 2 is 1.79 bits per heavy atom. The van der Waals surface area contributed by atoms with E-state index in [1.807, 2.05) is 12.1 Å². The van der Waals surface area contributed by atoms with E-state index in [4.69, 9.17) is 14.2 Å². The molecule has 0 spiro atoms. The summed E-state index contributed by atoms with van der Waals surface area (Å²) in [6.07, 6.45) is 2.34. The molecule has 2 aliphatic rings. The molecule has 0 aliphatic carbocycles. The zero-order chi connectivity index (χ0) is 19.9. The van der Waals surface area contributed by atoms with Gasteiger partial charge in [-0.1, -0.05) is 12.1 Å². The zero-order valence-electron chi connectivity index (χ0n) is 16.6. The maximum atomic E-state index is 12.4. The molecule has 0 radical (unpaired) electrons. The molecule has 2 aromatic carbocycles. The van der Waals surface area contributed by atoms with Crippen molar-refractivity contribution in [3.8, 4) is 5.75 Å². The summed E-state index contributed by atoms with van der Waals surface area (Å²) in [5, 5.41) is 2.98. The number of hydrogen-bond donors (Lipinski definition) is 1. The molecular formula is C23H28N2O4. The average molecular weight is 396 g/mol. The number of nitrogens with one attached hydrogen (secondary N) is 1. The Hall–Kier alpha value is -2.57. The predicted octanol–water partition coefficient (Wildman–Crippen LogP) is 3.01. The number of amides is 1. The molecule has 1 atom stereocenters. The lowest BCUT2D eigenvalue weighted by molar-refractivity contribution is 0.0679. The minimum absolute atomic E-state index is 0.0899. The third-order valence-corrected chi connectivity index (χ3v) is 5.34. The number of rotatable bonds is 7. The first-order chi connectivity index (χ1) is 14.3. The van der Waals surface area contributed by atoms with Crippen LogP contribution in [0.25, 0.3) is 0 Å². The normalized spacial score (nSPS) is 19.2. The van der Waals surface area contributed by atoms with E-state index in [0.29, 0.717) is 18.7 Å². The van der Waals surface area contributed by atoms with E-state index < -0.39 is 0 Å². The SMILES string of the molecule is O=C(NCc1ccc(N2CCOCC2)cc1)c1ccc(OCC2CCCO2)cc1. The van der Waals surface area contributed by atoms with E-state index in [2.05, 4.69) is 34.5 Å². The van der Waals surface area contributed by atoms with Crippen molar-refractivity contribution in [2.45, 2.75) is 25.5 Å². The Morgan fingerprint density at radius 3 is 2.48 bits per heavy atom. The van der Waals surface area contributed by atoms with Crippen LogP contribution in [-0.2, 0) is 16.0 Å². The maximum absolute atomic E-state index is 12.4. The van der Waals surface area contributed by atoms with Crippen molar-refractivity contribution in [2.24, 2.45) is 0 Å². The molecule has 2 aromatic rings. The second-order valence-electron chi connectivity index (χ2n) is 7.42. The fourth-order valence-corrected chi connectivity index (χ4v) is 3.60. The summed E-state index contributed by atoms with van der Waals surface area (Å²) < 4.78 is 16.7. The van der Waals surface area contributed by atoms with Gasteiger partial charge in [0.1, 0.15) is 12.4 Å². The van der Waals surface area contributed by atoms with Gasteiger partial charge in [-0.3, -0.25) is 4.79 Å². The van der Waals surface area contributed by atoms with Gasteiger partial charge in [0.25, 0.3) is 5.91 Å². The van der Waals surface area contributed by atoms with Crippen molar-refractivity contribution in [3.63, 3.8) is 0 Å². The standard InChI is InChI=1S/C23H28N2O4/c26-23(19-5-9-21(10-6-19)29-17-22-2-1-13-28-22)24-16-18-3-7-20(8-4-18)25-11-14-27-15-12-25/h3-10,22H,1-2,11-17H2,(H,24,26). The lowest BCUT2D eigenvalue weighted by atomic mass is 10.1. The summed E-state index contributed by atoms with van der Waals surface area (Å²) in [7, 11) is 0.